The summed E-state index contributed by atoms with van der Waals surface area (Å²) >= 11 is 0. The Morgan fingerprint density at radius 2 is 0.708 bits per heavy atom. The first-order valence-corrected chi connectivity index (χ1v) is 31.9. The summed E-state index contributed by atoms with van der Waals surface area (Å²) in [6.07, 6.45) is 78.7. The highest BCUT2D eigenvalue weighted by molar-refractivity contribution is 5.76. The zero-order valence-electron chi connectivity index (χ0n) is 48.2. The number of ether oxygens (including phenoxy) is 1. The van der Waals surface area contributed by atoms with Crippen molar-refractivity contribution in [2.24, 2.45) is 0 Å². The third kappa shape index (κ3) is 57.1. The molecule has 0 aromatic heterocycles. The molecule has 0 rings (SSSR count). The van der Waals surface area contributed by atoms with Crippen LogP contribution < -0.4 is 5.32 Å². The quantitative estimate of drug-likeness (QED) is 0.0320. The van der Waals surface area contributed by atoms with E-state index in [2.05, 4.69) is 55.6 Å². The number of esters is 1. The van der Waals surface area contributed by atoms with E-state index in [1.165, 1.54) is 250 Å². The van der Waals surface area contributed by atoms with E-state index < -0.39 is 12.1 Å². The highest BCUT2D eigenvalue weighted by Crippen LogP contribution is 2.17. The summed E-state index contributed by atoms with van der Waals surface area (Å²) in [5.74, 6) is -0.0767. The van der Waals surface area contributed by atoms with E-state index >= 15 is 0 Å². The zero-order valence-corrected chi connectivity index (χ0v) is 48.2. The smallest absolute Gasteiger partial charge is 0.305 e. The molecule has 0 aromatic carbocycles. The molecule has 2 atom stereocenters. The van der Waals surface area contributed by atoms with Crippen molar-refractivity contribution >= 4 is 11.9 Å². The third-order valence-electron chi connectivity index (χ3n) is 14.6. The van der Waals surface area contributed by atoms with Gasteiger partial charge in [0.05, 0.1) is 25.4 Å². The Balaban J connectivity index is 3.45. The second-order valence-corrected chi connectivity index (χ2v) is 21.7. The topological polar surface area (TPSA) is 95.9 Å². The highest BCUT2D eigenvalue weighted by atomic mass is 16.5. The molecule has 0 radical (unpaired) electrons. The maximum Gasteiger partial charge on any atom is 0.305 e. The van der Waals surface area contributed by atoms with Gasteiger partial charge in [-0.05, 0) is 83.5 Å². The first-order chi connectivity index (χ1) is 35.5. The molecule has 0 spiro atoms. The average Bonchev–Trinajstić information content (AvgIpc) is 3.38. The van der Waals surface area contributed by atoms with Crippen LogP contribution in [0.5, 0.6) is 0 Å². The van der Waals surface area contributed by atoms with E-state index in [1.54, 1.807) is 6.08 Å². The van der Waals surface area contributed by atoms with Crippen molar-refractivity contribution < 1.29 is 24.5 Å². The molecule has 0 heterocycles. The van der Waals surface area contributed by atoms with E-state index in [0.717, 1.165) is 57.8 Å². The van der Waals surface area contributed by atoms with E-state index in [9.17, 15) is 19.8 Å². The van der Waals surface area contributed by atoms with Gasteiger partial charge in [0.25, 0.3) is 0 Å². The minimum absolute atomic E-state index is 0.00387. The van der Waals surface area contributed by atoms with Crippen LogP contribution in [0.2, 0.25) is 0 Å². The van der Waals surface area contributed by atoms with Crippen LogP contribution in [-0.4, -0.2) is 47.4 Å². The molecule has 422 valence electrons. The SMILES string of the molecule is CCCC/C=C\C/C=C\CCCCCCCC(=O)OCCCCCCCCCCCCCC/C=C\CCCCCCCCCC(=O)NC(CO)C(O)/C=C/CCCCCCCCCCCCCCCCCC. The van der Waals surface area contributed by atoms with Crippen LogP contribution in [0.1, 0.15) is 335 Å². The maximum absolute atomic E-state index is 12.5. The summed E-state index contributed by atoms with van der Waals surface area (Å²) in [7, 11) is 0. The fourth-order valence-electron chi connectivity index (χ4n) is 9.65. The van der Waals surface area contributed by atoms with Gasteiger partial charge in [-0.25, -0.2) is 0 Å². The normalized spacial score (nSPS) is 12.9. The number of amides is 1. The number of aliphatic hydroxyl groups excluding tert-OH is 2. The summed E-state index contributed by atoms with van der Waals surface area (Å²) in [4.78, 5) is 24.5. The van der Waals surface area contributed by atoms with Crippen molar-refractivity contribution in [1.29, 1.82) is 0 Å². The molecule has 72 heavy (non-hydrogen) atoms. The molecule has 0 aromatic rings. The van der Waals surface area contributed by atoms with Crippen LogP contribution in [0.4, 0.5) is 0 Å². The van der Waals surface area contributed by atoms with Crippen LogP contribution in [0, 0.1) is 0 Å². The van der Waals surface area contributed by atoms with Gasteiger partial charge in [0, 0.05) is 12.8 Å². The summed E-state index contributed by atoms with van der Waals surface area (Å²) < 4.78 is 5.47. The fraction of sp³-hybridized carbons (Fsp3) is 0.848. The lowest BCUT2D eigenvalue weighted by Gasteiger charge is -2.20. The van der Waals surface area contributed by atoms with Gasteiger partial charge in [0.15, 0.2) is 0 Å². The minimum Gasteiger partial charge on any atom is -0.466 e. The molecule has 6 heteroatoms. The first kappa shape index (κ1) is 69.8. The Hall–Kier alpha value is -2.18. The summed E-state index contributed by atoms with van der Waals surface area (Å²) in [6.45, 7) is 4.87. The predicted molar refractivity (Wildman–Crippen MR) is 315 cm³/mol. The number of hydrogen-bond acceptors (Lipinski definition) is 5. The molecule has 3 N–H and O–H groups in total. The molecule has 0 aliphatic heterocycles. The Bertz CT molecular complexity index is 1210. The third-order valence-corrected chi connectivity index (χ3v) is 14.6. The average molecular weight is 1010 g/mol. The van der Waals surface area contributed by atoms with Gasteiger partial charge in [0.1, 0.15) is 0 Å². The lowest BCUT2D eigenvalue weighted by Crippen LogP contribution is -2.45. The molecular formula is C66H123NO5. The Morgan fingerprint density at radius 1 is 0.389 bits per heavy atom. The van der Waals surface area contributed by atoms with Gasteiger partial charge in [-0.3, -0.25) is 9.59 Å². The lowest BCUT2D eigenvalue weighted by molar-refractivity contribution is -0.143. The summed E-state index contributed by atoms with van der Waals surface area (Å²) in [5, 5.41) is 23.2. The molecular weight excluding hydrogens is 887 g/mol. The summed E-state index contributed by atoms with van der Waals surface area (Å²) in [6, 6.07) is -0.634. The van der Waals surface area contributed by atoms with E-state index in [-0.39, 0.29) is 18.5 Å². The number of hydrogen-bond donors (Lipinski definition) is 3. The predicted octanol–water partition coefficient (Wildman–Crippen LogP) is 20.1. The number of rotatable bonds is 59. The van der Waals surface area contributed by atoms with Crippen LogP contribution in [0.15, 0.2) is 48.6 Å². The number of carbonyl (C=O) groups is 2. The van der Waals surface area contributed by atoms with Crippen molar-refractivity contribution in [3.63, 3.8) is 0 Å². The number of nitrogens with one attached hydrogen (secondary N) is 1. The van der Waals surface area contributed by atoms with Gasteiger partial charge in [-0.15, -0.1) is 0 Å². The number of aliphatic hydroxyl groups is 2. The van der Waals surface area contributed by atoms with E-state index in [1.807, 2.05) is 6.08 Å². The van der Waals surface area contributed by atoms with Crippen molar-refractivity contribution in [2.75, 3.05) is 13.2 Å². The van der Waals surface area contributed by atoms with Crippen molar-refractivity contribution in [3.05, 3.63) is 48.6 Å². The molecule has 0 saturated heterocycles. The second kappa shape index (κ2) is 61.4. The molecule has 0 saturated carbocycles. The van der Waals surface area contributed by atoms with Crippen molar-refractivity contribution in [3.8, 4) is 0 Å². The molecule has 6 nitrogen and oxygen atoms in total. The van der Waals surface area contributed by atoms with Gasteiger partial charge in [-0.1, -0.05) is 287 Å². The van der Waals surface area contributed by atoms with Crippen LogP contribution in [0.3, 0.4) is 0 Å². The van der Waals surface area contributed by atoms with Gasteiger partial charge in [-0.2, -0.15) is 0 Å². The Labute approximate surface area is 448 Å². The van der Waals surface area contributed by atoms with Crippen molar-refractivity contribution in [1.82, 2.24) is 5.32 Å². The highest BCUT2D eigenvalue weighted by Gasteiger charge is 2.18. The monoisotopic (exact) mass is 1010 g/mol. The Morgan fingerprint density at radius 3 is 1.11 bits per heavy atom. The van der Waals surface area contributed by atoms with E-state index in [4.69, 9.17) is 4.74 Å². The summed E-state index contributed by atoms with van der Waals surface area (Å²) in [5.41, 5.74) is 0. The second-order valence-electron chi connectivity index (χ2n) is 21.7. The van der Waals surface area contributed by atoms with Gasteiger partial charge < -0.3 is 20.3 Å². The lowest BCUT2D eigenvalue weighted by atomic mass is 10.0. The number of allylic oxidation sites excluding steroid dienone is 7. The number of carbonyl (C=O) groups excluding carboxylic acids is 2. The molecule has 0 aliphatic rings. The molecule has 0 aliphatic carbocycles. The molecule has 0 bridgehead atoms. The molecule has 2 unspecified atom stereocenters. The van der Waals surface area contributed by atoms with Crippen LogP contribution in [0.25, 0.3) is 0 Å². The number of unbranched alkanes of at least 4 members (excludes halogenated alkanes) is 42. The van der Waals surface area contributed by atoms with Crippen LogP contribution in [-0.2, 0) is 14.3 Å². The van der Waals surface area contributed by atoms with Crippen LogP contribution >= 0.6 is 0 Å². The first-order valence-electron chi connectivity index (χ1n) is 31.9. The largest absolute Gasteiger partial charge is 0.466 e. The molecule has 0 fully saturated rings. The minimum atomic E-state index is -0.850. The van der Waals surface area contributed by atoms with E-state index in [0.29, 0.717) is 19.4 Å². The Kier molecular flexibility index (Phi) is 59.5. The van der Waals surface area contributed by atoms with Gasteiger partial charge in [0.2, 0.25) is 5.91 Å². The fourth-order valence-corrected chi connectivity index (χ4v) is 9.65. The standard InChI is InChI=1S/C66H123NO5/c1-3-5-7-9-11-13-15-17-19-20-28-31-34-38-42-46-50-54-58-64(69)63(62-68)67-65(70)59-55-51-47-43-39-35-32-29-26-24-22-21-23-25-27-30-33-37-41-45-49-53-57-61-72-66(71)60-56-52-48-44-40-36-18-16-14-12-10-8-6-4-2/h10,12,16,18,24,26,54,58,63-64,68-69H,3-9,11,13-15,17,19-23,25,27-53,55-57,59-62H2,1-2H3,(H,67,70)/b12-10-,18-16-,26-24-,58-54+. The molecule has 1 amide bonds. The van der Waals surface area contributed by atoms with Crippen molar-refractivity contribution in [2.45, 2.75) is 347 Å². The van der Waals surface area contributed by atoms with Gasteiger partial charge >= 0.3 is 5.97 Å². The zero-order chi connectivity index (χ0) is 52.2. The maximum atomic E-state index is 12.5.